The van der Waals surface area contributed by atoms with Crippen molar-refractivity contribution in [2.24, 2.45) is 5.41 Å². The molecule has 4 heteroatoms. The van der Waals surface area contributed by atoms with Gasteiger partial charge in [-0.3, -0.25) is 4.90 Å². The Morgan fingerprint density at radius 3 is 2.40 bits per heavy atom. The molecule has 1 fully saturated rings. The predicted octanol–water partition coefficient (Wildman–Crippen LogP) is 1.33. The fourth-order valence-electron chi connectivity index (χ4n) is 2.06. The Hall–Kier alpha value is -1.16. The maximum atomic E-state index is 4.91. The average Bonchev–Trinajstić information content (AvgIpc) is 2.16. The molecule has 0 atom stereocenters. The highest BCUT2D eigenvalue weighted by Gasteiger charge is 2.33. The van der Waals surface area contributed by atoms with Crippen LogP contribution in [0.5, 0.6) is 6.01 Å². The van der Waals surface area contributed by atoms with E-state index >= 15 is 0 Å². The lowest BCUT2D eigenvalue weighted by Gasteiger charge is -2.45. The molecule has 2 heterocycles. The zero-order chi connectivity index (χ0) is 10.9. The highest BCUT2D eigenvalue weighted by Crippen LogP contribution is 2.29. The smallest absolute Gasteiger partial charge is 0.316 e. The van der Waals surface area contributed by atoms with Crippen LogP contribution in [-0.2, 0) is 6.54 Å². The van der Waals surface area contributed by atoms with E-state index in [1.165, 1.54) is 0 Å². The molecule has 0 bridgehead atoms. The van der Waals surface area contributed by atoms with Crippen molar-refractivity contribution in [3.8, 4) is 6.01 Å². The molecule has 4 nitrogen and oxygen atoms in total. The molecular weight excluding hydrogens is 190 g/mol. The molecule has 1 aromatic heterocycles. The van der Waals surface area contributed by atoms with Crippen LogP contribution in [0.1, 0.15) is 19.4 Å². The van der Waals surface area contributed by atoms with Crippen molar-refractivity contribution in [3.63, 3.8) is 0 Å². The van der Waals surface area contributed by atoms with Gasteiger partial charge in [0.15, 0.2) is 0 Å². The predicted molar refractivity (Wildman–Crippen MR) is 57.6 cm³/mol. The van der Waals surface area contributed by atoms with E-state index in [0.717, 1.165) is 25.2 Å². The third kappa shape index (κ3) is 2.45. The van der Waals surface area contributed by atoms with Gasteiger partial charge in [0, 0.05) is 37.6 Å². The lowest BCUT2D eigenvalue weighted by Crippen LogP contribution is -2.52. The molecule has 1 aliphatic heterocycles. The van der Waals surface area contributed by atoms with Gasteiger partial charge in [-0.15, -0.1) is 0 Å². The Balaban J connectivity index is 1.89. The summed E-state index contributed by atoms with van der Waals surface area (Å²) < 4.78 is 4.91. The first kappa shape index (κ1) is 10.4. The number of rotatable bonds is 3. The summed E-state index contributed by atoms with van der Waals surface area (Å²) in [6.07, 6.45) is 3.66. The van der Waals surface area contributed by atoms with E-state index in [9.17, 15) is 0 Å². The number of aromatic nitrogens is 2. The summed E-state index contributed by atoms with van der Waals surface area (Å²) in [5, 5.41) is 0. The molecule has 2 rings (SSSR count). The summed E-state index contributed by atoms with van der Waals surface area (Å²) in [6, 6.07) is 0.433. The average molecular weight is 207 g/mol. The van der Waals surface area contributed by atoms with E-state index in [-0.39, 0.29) is 0 Å². The van der Waals surface area contributed by atoms with E-state index in [1.807, 2.05) is 12.4 Å². The second kappa shape index (κ2) is 3.77. The standard InChI is InChI=1S/C11H17N3O/c1-11(2)7-14(8-11)6-9-4-12-10(15-3)13-5-9/h4-5H,6-8H2,1-3H3. The van der Waals surface area contributed by atoms with E-state index in [2.05, 4.69) is 28.7 Å². The molecule has 0 radical (unpaired) electrons. The van der Waals surface area contributed by atoms with Crippen LogP contribution < -0.4 is 4.74 Å². The monoisotopic (exact) mass is 207 g/mol. The van der Waals surface area contributed by atoms with Crippen LogP contribution in [0.25, 0.3) is 0 Å². The van der Waals surface area contributed by atoms with Crippen molar-refractivity contribution in [1.29, 1.82) is 0 Å². The second-order valence-electron chi connectivity index (χ2n) is 4.89. The molecule has 0 aromatic carbocycles. The van der Waals surface area contributed by atoms with Crippen LogP contribution in [0, 0.1) is 5.41 Å². The van der Waals surface area contributed by atoms with Gasteiger partial charge in [0.2, 0.25) is 0 Å². The zero-order valence-corrected chi connectivity index (χ0v) is 9.53. The van der Waals surface area contributed by atoms with Crippen molar-refractivity contribution in [2.45, 2.75) is 20.4 Å². The Labute approximate surface area is 90.3 Å². The van der Waals surface area contributed by atoms with Crippen molar-refractivity contribution < 1.29 is 4.74 Å². The van der Waals surface area contributed by atoms with Crippen molar-refractivity contribution in [2.75, 3.05) is 20.2 Å². The number of likely N-dealkylation sites (tertiary alicyclic amines) is 1. The normalized spacial score (nSPS) is 19.7. The lowest BCUT2D eigenvalue weighted by molar-refractivity contribution is 0.0240. The maximum Gasteiger partial charge on any atom is 0.316 e. The molecule has 0 amide bonds. The zero-order valence-electron chi connectivity index (χ0n) is 9.53. The van der Waals surface area contributed by atoms with Crippen LogP contribution in [0.3, 0.4) is 0 Å². The summed E-state index contributed by atoms with van der Waals surface area (Å²) in [7, 11) is 1.58. The minimum Gasteiger partial charge on any atom is -0.467 e. The van der Waals surface area contributed by atoms with Crippen LogP contribution in [0.4, 0.5) is 0 Å². The number of hydrogen-bond acceptors (Lipinski definition) is 4. The Morgan fingerprint density at radius 2 is 1.93 bits per heavy atom. The fraction of sp³-hybridized carbons (Fsp3) is 0.636. The molecule has 0 aliphatic carbocycles. The van der Waals surface area contributed by atoms with Gasteiger partial charge in [-0.05, 0) is 5.41 Å². The Bertz CT molecular complexity index is 326. The van der Waals surface area contributed by atoms with Crippen LogP contribution in [0.15, 0.2) is 12.4 Å². The molecule has 1 aromatic rings. The topological polar surface area (TPSA) is 38.2 Å². The maximum absolute atomic E-state index is 4.91. The Kier molecular flexibility index (Phi) is 2.61. The summed E-state index contributed by atoms with van der Waals surface area (Å²) in [6.45, 7) is 7.81. The van der Waals surface area contributed by atoms with Crippen molar-refractivity contribution in [3.05, 3.63) is 18.0 Å². The number of nitrogens with zero attached hydrogens (tertiary/aromatic N) is 3. The molecule has 0 unspecified atom stereocenters. The van der Waals surface area contributed by atoms with E-state index in [0.29, 0.717) is 11.4 Å². The third-order valence-corrected chi connectivity index (χ3v) is 2.57. The van der Waals surface area contributed by atoms with Gasteiger partial charge in [0.05, 0.1) is 7.11 Å². The van der Waals surface area contributed by atoms with Gasteiger partial charge in [-0.2, -0.15) is 0 Å². The summed E-state index contributed by atoms with van der Waals surface area (Å²) in [5.41, 5.74) is 1.62. The third-order valence-electron chi connectivity index (χ3n) is 2.57. The molecular formula is C11H17N3O. The van der Waals surface area contributed by atoms with Crippen LogP contribution >= 0.6 is 0 Å². The fourth-order valence-corrected chi connectivity index (χ4v) is 2.06. The summed E-state index contributed by atoms with van der Waals surface area (Å²) in [5.74, 6) is 0. The van der Waals surface area contributed by atoms with E-state index in [4.69, 9.17) is 4.74 Å². The number of ether oxygens (including phenoxy) is 1. The highest BCUT2D eigenvalue weighted by molar-refractivity contribution is 5.08. The van der Waals surface area contributed by atoms with Gasteiger partial charge >= 0.3 is 6.01 Å². The first-order valence-electron chi connectivity index (χ1n) is 5.16. The van der Waals surface area contributed by atoms with Crippen LogP contribution in [-0.4, -0.2) is 35.1 Å². The van der Waals surface area contributed by atoms with Gasteiger partial charge < -0.3 is 4.74 Å². The number of methoxy groups -OCH3 is 1. The highest BCUT2D eigenvalue weighted by atomic mass is 16.5. The van der Waals surface area contributed by atoms with Gasteiger partial charge in [-0.25, -0.2) is 9.97 Å². The molecule has 1 aliphatic rings. The van der Waals surface area contributed by atoms with E-state index < -0.39 is 0 Å². The van der Waals surface area contributed by atoms with Gasteiger partial charge in [0.1, 0.15) is 0 Å². The van der Waals surface area contributed by atoms with Gasteiger partial charge in [0.25, 0.3) is 0 Å². The van der Waals surface area contributed by atoms with E-state index in [1.54, 1.807) is 7.11 Å². The first-order chi connectivity index (χ1) is 7.09. The largest absolute Gasteiger partial charge is 0.467 e. The molecule has 1 saturated heterocycles. The quantitative estimate of drug-likeness (QED) is 0.749. The Morgan fingerprint density at radius 1 is 1.33 bits per heavy atom. The SMILES string of the molecule is COc1ncc(CN2CC(C)(C)C2)cn1. The molecule has 15 heavy (non-hydrogen) atoms. The summed E-state index contributed by atoms with van der Waals surface area (Å²) in [4.78, 5) is 10.6. The molecule has 0 saturated carbocycles. The molecule has 0 spiro atoms. The van der Waals surface area contributed by atoms with Crippen molar-refractivity contribution >= 4 is 0 Å². The lowest BCUT2D eigenvalue weighted by atomic mass is 9.84. The van der Waals surface area contributed by atoms with Crippen LogP contribution in [0.2, 0.25) is 0 Å². The van der Waals surface area contributed by atoms with Crippen molar-refractivity contribution in [1.82, 2.24) is 14.9 Å². The van der Waals surface area contributed by atoms with Gasteiger partial charge in [-0.1, -0.05) is 13.8 Å². The molecule has 0 N–H and O–H groups in total. The second-order valence-corrected chi connectivity index (χ2v) is 4.89. The summed E-state index contributed by atoms with van der Waals surface area (Å²) >= 11 is 0. The minimum absolute atomic E-state index is 0.433. The number of hydrogen-bond donors (Lipinski definition) is 0. The first-order valence-corrected chi connectivity index (χ1v) is 5.16. The minimum atomic E-state index is 0.433. The molecule has 82 valence electrons.